The van der Waals surface area contributed by atoms with Crippen LogP contribution in [0.5, 0.6) is 5.75 Å². The van der Waals surface area contributed by atoms with E-state index in [4.69, 9.17) is 0 Å². The van der Waals surface area contributed by atoms with Crippen molar-refractivity contribution in [3.8, 4) is 5.75 Å². The summed E-state index contributed by atoms with van der Waals surface area (Å²) in [5.74, 6) is -0.0567. The van der Waals surface area contributed by atoms with Crippen molar-refractivity contribution >= 4 is 26.8 Å². The zero-order valence-electron chi connectivity index (χ0n) is 6.41. The summed E-state index contributed by atoms with van der Waals surface area (Å²) in [5, 5.41) is 9.58. The van der Waals surface area contributed by atoms with Crippen LogP contribution >= 0.6 is 15.9 Å². The Kier molecular flexibility index (Phi) is 1.81. The number of fused-ring (bicyclic) bond motifs is 1. The van der Waals surface area contributed by atoms with E-state index in [-0.39, 0.29) is 16.7 Å². The van der Waals surface area contributed by atoms with Crippen LogP contribution in [0.4, 0.5) is 0 Å². The summed E-state index contributed by atoms with van der Waals surface area (Å²) in [6, 6.07) is 4.75. The van der Waals surface area contributed by atoms with E-state index in [0.29, 0.717) is 10.3 Å². The molecule has 2 aromatic rings. The van der Waals surface area contributed by atoms with E-state index < -0.39 is 0 Å². The topological polar surface area (TPSA) is 66.0 Å². The second-order valence-electron chi connectivity index (χ2n) is 2.53. The minimum absolute atomic E-state index is 0.0567. The number of H-pyrrole nitrogens is 1. The molecule has 0 aliphatic carbocycles. The highest BCUT2D eigenvalue weighted by Gasteiger charge is 2.05. The summed E-state index contributed by atoms with van der Waals surface area (Å²) in [6.07, 6.45) is 0. The van der Waals surface area contributed by atoms with Gasteiger partial charge in [0.2, 0.25) is 0 Å². The quantitative estimate of drug-likeness (QED) is 0.685. The van der Waals surface area contributed by atoms with E-state index in [0.717, 1.165) is 0 Å². The molecule has 0 saturated carbocycles. The lowest BCUT2D eigenvalue weighted by Gasteiger charge is -1.98. The molecule has 0 unspecified atom stereocenters. The van der Waals surface area contributed by atoms with Crippen molar-refractivity contribution in [2.75, 3.05) is 0 Å². The van der Waals surface area contributed by atoms with Gasteiger partial charge in [0.1, 0.15) is 11.1 Å². The number of nitrogens with one attached hydrogen (secondary N) is 1. The smallest absolute Gasteiger partial charge is 0.263 e. The van der Waals surface area contributed by atoms with Crippen LogP contribution in [-0.2, 0) is 0 Å². The van der Waals surface area contributed by atoms with Crippen molar-refractivity contribution in [3.63, 3.8) is 0 Å². The Bertz CT molecular complexity index is 521. The molecule has 0 amide bonds. The number of nitrogens with zero attached hydrogens (tertiary/aromatic N) is 1. The van der Waals surface area contributed by atoms with Gasteiger partial charge in [-0.15, -0.1) is 0 Å². The molecular formula is C8H5BrN2O2. The first-order valence-electron chi connectivity index (χ1n) is 3.56. The molecule has 0 fully saturated rings. The minimum Gasteiger partial charge on any atom is -0.507 e. The van der Waals surface area contributed by atoms with Crippen LogP contribution in [0.3, 0.4) is 0 Å². The summed E-state index contributed by atoms with van der Waals surface area (Å²) >= 11 is 3.06. The molecule has 2 rings (SSSR count). The number of aromatic nitrogens is 2. The molecule has 0 aliphatic rings. The van der Waals surface area contributed by atoms with E-state index >= 15 is 0 Å². The minimum atomic E-state index is -0.352. The summed E-state index contributed by atoms with van der Waals surface area (Å²) in [5.41, 5.74) is 0.116. The van der Waals surface area contributed by atoms with Crippen molar-refractivity contribution < 1.29 is 5.11 Å². The predicted molar refractivity (Wildman–Crippen MR) is 51.7 cm³/mol. The van der Waals surface area contributed by atoms with Gasteiger partial charge in [0.15, 0.2) is 4.73 Å². The molecule has 1 heterocycles. The molecule has 5 heteroatoms. The SMILES string of the molecule is O=c1[nH]c(Br)nc2cccc(O)c12. The Morgan fingerprint density at radius 1 is 1.46 bits per heavy atom. The number of aromatic amines is 1. The van der Waals surface area contributed by atoms with E-state index in [1.54, 1.807) is 12.1 Å². The van der Waals surface area contributed by atoms with Gasteiger partial charge in [0.05, 0.1) is 5.52 Å². The highest BCUT2D eigenvalue weighted by molar-refractivity contribution is 9.10. The highest BCUT2D eigenvalue weighted by atomic mass is 79.9. The highest BCUT2D eigenvalue weighted by Crippen LogP contribution is 2.19. The molecule has 0 atom stereocenters. The van der Waals surface area contributed by atoms with Gasteiger partial charge in [0, 0.05) is 0 Å². The lowest BCUT2D eigenvalue weighted by molar-refractivity contribution is 0.481. The Balaban J connectivity index is 3.03. The Morgan fingerprint density at radius 3 is 3.00 bits per heavy atom. The summed E-state index contributed by atoms with van der Waals surface area (Å²) in [7, 11) is 0. The molecule has 1 aromatic heterocycles. The first-order chi connectivity index (χ1) is 6.18. The van der Waals surface area contributed by atoms with Gasteiger partial charge in [-0.2, -0.15) is 0 Å². The molecule has 0 saturated heterocycles. The van der Waals surface area contributed by atoms with Gasteiger partial charge in [-0.1, -0.05) is 6.07 Å². The number of hydrogen-bond donors (Lipinski definition) is 2. The van der Waals surface area contributed by atoms with Crippen LogP contribution < -0.4 is 5.56 Å². The van der Waals surface area contributed by atoms with Crippen molar-refractivity contribution in [1.29, 1.82) is 0 Å². The van der Waals surface area contributed by atoms with Gasteiger partial charge < -0.3 is 10.1 Å². The maximum absolute atomic E-state index is 11.3. The largest absolute Gasteiger partial charge is 0.507 e. The van der Waals surface area contributed by atoms with Crippen LogP contribution in [0.1, 0.15) is 0 Å². The molecule has 0 aliphatic heterocycles. The van der Waals surface area contributed by atoms with Gasteiger partial charge in [-0.3, -0.25) is 4.79 Å². The van der Waals surface area contributed by atoms with Crippen LogP contribution in [0, 0.1) is 0 Å². The normalized spacial score (nSPS) is 10.5. The second-order valence-corrected chi connectivity index (χ2v) is 3.28. The average Bonchev–Trinajstić information content (AvgIpc) is 2.02. The zero-order chi connectivity index (χ0) is 9.42. The van der Waals surface area contributed by atoms with E-state index in [2.05, 4.69) is 25.9 Å². The number of aromatic hydroxyl groups is 1. The fourth-order valence-electron chi connectivity index (χ4n) is 1.14. The third-order valence-corrected chi connectivity index (χ3v) is 2.06. The number of hydrogen-bond acceptors (Lipinski definition) is 3. The predicted octanol–water partition coefficient (Wildman–Crippen LogP) is 1.39. The van der Waals surface area contributed by atoms with Crippen molar-refractivity contribution in [1.82, 2.24) is 9.97 Å². The van der Waals surface area contributed by atoms with Crippen molar-refractivity contribution in [3.05, 3.63) is 33.3 Å². The zero-order valence-corrected chi connectivity index (χ0v) is 8.00. The van der Waals surface area contributed by atoms with Gasteiger partial charge in [-0.25, -0.2) is 4.98 Å². The molecule has 4 nitrogen and oxygen atoms in total. The molecular weight excluding hydrogens is 236 g/mol. The molecule has 0 radical (unpaired) electrons. The number of halogens is 1. The second kappa shape index (κ2) is 2.85. The molecule has 1 aromatic carbocycles. The summed E-state index contributed by atoms with van der Waals surface area (Å²) < 4.78 is 0.357. The van der Waals surface area contributed by atoms with Crippen molar-refractivity contribution in [2.24, 2.45) is 0 Å². The molecule has 0 bridgehead atoms. The van der Waals surface area contributed by atoms with Gasteiger partial charge in [0.25, 0.3) is 5.56 Å². The van der Waals surface area contributed by atoms with E-state index in [1.165, 1.54) is 6.07 Å². The molecule has 0 spiro atoms. The monoisotopic (exact) mass is 240 g/mol. The molecule has 2 N–H and O–H groups in total. The maximum Gasteiger partial charge on any atom is 0.263 e. The van der Waals surface area contributed by atoms with Crippen LogP contribution in [0.15, 0.2) is 27.7 Å². The Hall–Kier alpha value is -1.36. The van der Waals surface area contributed by atoms with Gasteiger partial charge in [-0.05, 0) is 28.1 Å². The number of rotatable bonds is 0. The Morgan fingerprint density at radius 2 is 2.23 bits per heavy atom. The lowest BCUT2D eigenvalue weighted by Crippen LogP contribution is -2.07. The van der Waals surface area contributed by atoms with E-state index in [1.807, 2.05) is 0 Å². The fraction of sp³-hybridized carbons (Fsp3) is 0. The van der Waals surface area contributed by atoms with Crippen molar-refractivity contribution in [2.45, 2.75) is 0 Å². The van der Waals surface area contributed by atoms with Crippen LogP contribution in [0.25, 0.3) is 10.9 Å². The fourth-order valence-corrected chi connectivity index (χ4v) is 1.52. The Labute approximate surface area is 81.4 Å². The average molecular weight is 241 g/mol. The maximum atomic E-state index is 11.3. The van der Waals surface area contributed by atoms with Gasteiger partial charge >= 0.3 is 0 Å². The molecule has 13 heavy (non-hydrogen) atoms. The lowest BCUT2D eigenvalue weighted by atomic mass is 10.2. The third kappa shape index (κ3) is 1.31. The molecule has 66 valence electrons. The third-order valence-electron chi connectivity index (χ3n) is 1.68. The number of benzene rings is 1. The standard InChI is InChI=1S/C8H5BrN2O2/c9-8-10-4-2-1-3-5(12)6(4)7(13)11-8/h1-3,12H,(H,10,11,13). The number of phenolic OH excluding ortho intramolecular Hbond substituents is 1. The first-order valence-corrected chi connectivity index (χ1v) is 4.35. The van der Waals surface area contributed by atoms with Crippen LogP contribution in [-0.4, -0.2) is 15.1 Å². The summed E-state index contributed by atoms with van der Waals surface area (Å²) in [4.78, 5) is 17.8. The first kappa shape index (κ1) is 8.25. The summed E-state index contributed by atoms with van der Waals surface area (Å²) in [6.45, 7) is 0. The van der Waals surface area contributed by atoms with Crippen LogP contribution in [0.2, 0.25) is 0 Å². The number of phenols is 1. The van der Waals surface area contributed by atoms with E-state index in [9.17, 15) is 9.90 Å².